The quantitative estimate of drug-likeness (QED) is 0.129. The third kappa shape index (κ3) is 46.8. The van der Waals surface area contributed by atoms with Gasteiger partial charge in [0.2, 0.25) is 0 Å². The second-order valence-corrected chi connectivity index (χ2v) is 26.5. The van der Waals surface area contributed by atoms with E-state index in [0.29, 0.717) is 40.2 Å². The summed E-state index contributed by atoms with van der Waals surface area (Å²) in [7, 11) is 0. The molecule has 0 bridgehead atoms. The Bertz CT molecular complexity index is 2760. The van der Waals surface area contributed by atoms with Gasteiger partial charge in [-0.2, -0.15) is 8.78 Å². The zero-order valence-electron chi connectivity index (χ0n) is 61.3. The molecule has 10 rings (SSSR count). The van der Waals surface area contributed by atoms with Crippen LogP contribution in [0.5, 0.6) is 0 Å². The molecule has 3 fully saturated rings. The number of benzene rings is 5. The van der Waals surface area contributed by atoms with Crippen molar-refractivity contribution in [1.29, 1.82) is 0 Å². The fourth-order valence-electron chi connectivity index (χ4n) is 8.32. The number of unbranched alkanes of at least 4 members (excludes halogenated alkanes) is 3. The maximum atomic E-state index is 12.8. The summed E-state index contributed by atoms with van der Waals surface area (Å²) >= 11 is 11.5. The van der Waals surface area contributed by atoms with E-state index in [1.807, 2.05) is 105 Å². The van der Waals surface area contributed by atoms with Gasteiger partial charge in [0.15, 0.2) is 6.29 Å². The average molecular weight is 1360 g/mol. The molecular formula is C81H115Cl2F6N3O3. The van der Waals surface area contributed by atoms with Crippen molar-refractivity contribution in [2.75, 3.05) is 19.8 Å². The highest BCUT2D eigenvalue weighted by atomic mass is 35.5. The van der Waals surface area contributed by atoms with Crippen molar-refractivity contribution in [2.24, 2.45) is 23.7 Å². The molecule has 3 aliphatic rings. The first-order valence-corrected chi connectivity index (χ1v) is 34.2. The van der Waals surface area contributed by atoms with Gasteiger partial charge >= 0.3 is 0 Å². The van der Waals surface area contributed by atoms with E-state index >= 15 is 0 Å². The Kier molecular flexibility index (Phi) is 48.2. The van der Waals surface area contributed by atoms with Gasteiger partial charge in [-0.3, -0.25) is 4.98 Å². The summed E-state index contributed by atoms with van der Waals surface area (Å²) in [5.41, 5.74) is 12.2. The van der Waals surface area contributed by atoms with Gasteiger partial charge < -0.3 is 14.2 Å². The third-order valence-electron chi connectivity index (χ3n) is 15.1. The predicted molar refractivity (Wildman–Crippen MR) is 390 cm³/mol. The molecule has 1 aliphatic carbocycles. The third-order valence-corrected chi connectivity index (χ3v) is 15.9. The van der Waals surface area contributed by atoms with Crippen LogP contribution in [0, 0.1) is 144 Å². The van der Waals surface area contributed by atoms with Gasteiger partial charge in [-0.05, 0) is 247 Å². The maximum Gasteiger partial charge on any atom is 0.266 e. The minimum atomic E-state index is -1.55. The zero-order valence-corrected chi connectivity index (χ0v) is 62.8. The Hall–Kier alpha value is -5.89. The van der Waals surface area contributed by atoms with Crippen LogP contribution in [0.15, 0.2) is 128 Å². The second-order valence-electron chi connectivity index (χ2n) is 25.7. The van der Waals surface area contributed by atoms with E-state index < -0.39 is 17.7 Å². The fourth-order valence-corrected chi connectivity index (χ4v) is 8.82. The standard InChI is InChI=1S/C8H8ClF.C8H9Cl.C8H8F2.C8H9F.C8H16.C8H10.C7H12F2.C7H9N.C7H14O.C6H8N2.C6H12O2/c1-5-3-7(9)6(2)8(10)4-5;1-6-3-4-7(2)8(9)5-6;1-5-3-7(9)6(2)8(10)4-5;1-6-3-4-7(2)8(9)5-6;2*1-7-3-5-8(2)6-4-7;1-2-3-4-5-6-7(8)9;2*1-6-3-4-7(2)8-5-6;2*1-5-3-7-6(2)8-4-5/h3-4H,1-2H3;3-5H,1-2H3;3-4H,1-2H3;3-5H,1-2H3;7-8H,3-6H2,1-2H3;3-6H,1-2H3;6H,2-5H2,1H3;3-5H,1-2H3;6-7H,3-5H2,1-2H3;3-4H,1-2H3;5-6H,3-4H2,1-2H3. The van der Waals surface area contributed by atoms with Gasteiger partial charge in [0, 0.05) is 58.0 Å². The minimum Gasteiger partial charge on any atom is -0.378 e. The Morgan fingerprint density at radius 1 is 0.421 bits per heavy atom. The van der Waals surface area contributed by atoms with E-state index in [9.17, 15) is 26.3 Å². The van der Waals surface area contributed by atoms with Crippen molar-refractivity contribution in [2.45, 2.75) is 222 Å². The normalized spacial score (nSPS) is 17.2. The first kappa shape index (κ1) is 89.1. The molecule has 5 aromatic carbocycles. The van der Waals surface area contributed by atoms with Crippen LogP contribution in [0.2, 0.25) is 10.0 Å². The summed E-state index contributed by atoms with van der Waals surface area (Å²) in [6.07, 6.45) is 17.5. The number of ether oxygens (including phenoxy) is 3. The van der Waals surface area contributed by atoms with Crippen LogP contribution in [-0.2, 0) is 14.2 Å². The molecule has 528 valence electrons. The molecule has 0 radical (unpaired) electrons. The summed E-state index contributed by atoms with van der Waals surface area (Å²) in [6.45, 7) is 44.2. The van der Waals surface area contributed by atoms with Gasteiger partial charge in [0.25, 0.3) is 6.08 Å². The summed E-state index contributed by atoms with van der Waals surface area (Å²) in [5, 5.41) is 1.35. The van der Waals surface area contributed by atoms with Gasteiger partial charge in [-0.1, -0.05) is 162 Å². The van der Waals surface area contributed by atoms with Crippen LogP contribution in [0.4, 0.5) is 26.3 Å². The summed E-state index contributed by atoms with van der Waals surface area (Å²) < 4.78 is 88.9. The lowest BCUT2D eigenvalue weighted by molar-refractivity contribution is -0.187. The number of aromatic nitrogens is 3. The Labute approximate surface area is 580 Å². The average Bonchev–Trinajstić information content (AvgIpc) is 2.23. The van der Waals surface area contributed by atoms with Gasteiger partial charge in [0.05, 0.1) is 19.3 Å². The molecule has 2 unspecified atom stereocenters. The lowest BCUT2D eigenvalue weighted by Crippen LogP contribution is -2.27. The first-order chi connectivity index (χ1) is 44.6. The van der Waals surface area contributed by atoms with E-state index in [0.717, 1.165) is 102 Å². The Morgan fingerprint density at radius 2 is 0.832 bits per heavy atom. The molecule has 2 saturated heterocycles. The number of hydrogen-bond acceptors (Lipinski definition) is 6. The number of nitrogens with zero attached hydrogens (tertiary/aromatic N) is 3. The molecule has 4 heterocycles. The molecule has 0 amide bonds. The van der Waals surface area contributed by atoms with Gasteiger partial charge in [-0.15, -0.1) is 0 Å². The monoisotopic (exact) mass is 1360 g/mol. The smallest absolute Gasteiger partial charge is 0.266 e. The Morgan fingerprint density at radius 3 is 1.20 bits per heavy atom. The molecule has 95 heavy (non-hydrogen) atoms. The first-order valence-electron chi connectivity index (χ1n) is 33.5. The van der Waals surface area contributed by atoms with E-state index in [4.69, 9.17) is 37.4 Å². The molecule has 2 aliphatic heterocycles. The van der Waals surface area contributed by atoms with Gasteiger partial charge in [0.1, 0.15) is 29.1 Å². The van der Waals surface area contributed by atoms with Crippen LogP contribution in [-0.4, -0.2) is 47.2 Å². The topological polar surface area (TPSA) is 66.4 Å². The van der Waals surface area contributed by atoms with E-state index in [1.54, 1.807) is 32.9 Å². The van der Waals surface area contributed by atoms with Crippen LogP contribution in [0.3, 0.4) is 0 Å². The highest BCUT2D eigenvalue weighted by Crippen LogP contribution is 2.27. The van der Waals surface area contributed by atoms with Gasteiger partial charge in [-0.25, -0.2) is 27.5 Å². The highest BCUT2D eigenvalue weighted by Gasteiger charge is 2.15. The van der Waals surface area contributed by atoms with E-state index in [-0.39, 0.29) is 23.5 Å². The van der Waals surface area contributed by atoms with Crippen molar-refractivity contribution in [3.63, 3.8) is 0 Å². The van der Waals surface area contributed by atoms with Crippen LogP contribution >= 0.6 is 23.2 Å². The molecule has 7 aromatic rings. The van der Waals surface area contributed by atoms with Crippen molar-refractivity contribution < 1.29 is 40.6 Å². The number of halogens is 8. The number of aryl methyl sites for hydroxylation is 12. The molecule has 1 saturated carbocycles. The van der Waals surface area contributed by atoms with Crippen molar-refractivity contribution in [3.8, 4) is 0 Å². The zero-order chi connectivity index (χ0) is 72.2. The lowest BCUT2D eigenvalue weighted by Gasteiger charge is -2.24. The number of rotatable bonds is 4. The molecule has 14 heteroatoms. The van der Waals surface area contributed by atoms with Crippen molar-refractivity contribution in [3.05, 3.63) is 239 Å². The van der Waals surface area contributed by atoms with Crippen LogP contribution in [0.25, 0.3) is 0 Å². The minimum absolute atomic E-state index is 0.0196. The SMILES string of the molecule is CC1CCC(C)CC1.CC1CCC(C)OC1.CC1COC(C)OC1.CCCCCC=C(F)F.Cc1cc(F)c(C)c(Cl)c1.Cc1cc(F)c(C)c(F)c1.Cc1ccc(C)c(Cl)c1.Cc1ccc(C)c(F)c1.Cc1ccc(C)cc1.Cc1ccc(C)nc1.Cc1cnc(C)nc1. The molecule has 0 N–H and O–H groups in total. The molecular weight excluding hydrogens is 1250 g/mol. The van der Waals surface area contributed by atoms with Crippen LogP contribution < -0.4 is 0 Å². The molecule has 6 nitrogen and oxygen atoms in total. The number of pyridine rings is 1. The molecule has 2 aromatic heterocycles. The summed E-state index contributed by atoms with van der Waals surface area (Å²) in [6, 6.07) is 29.7. The van der Waals surface area contributed by atoms with Crippen LogP contribution in [0.1, 0.15) is 191 Å². The Balaban J connectivity index is 0.00000102. The predicted octanol–water partition coefficient (Wildman–Crippen LogP) is 25.2. The second kappa shape index (κ2) is 51.3. The molecule has 0 spiro atoms. The fraction of sp³-hybridized carbons (Fsp3) is 0.494. The van der Waals surface area contributed by atoms with Crippen molar-refractivity contribution in [1.82, 2.24) is 15.0 Å². The number of hydrogen-bond donors (Lipinski definition) is 0. The summed E-state index contributed by atoms with van der Waals surface area (Å²) in [4.78, 5) is 12.0. The summed E-state index contributed by atoms with van der Waals surface area (Å²) in [5.74, 6) is 2.94. The molecule has 2 atom stereocenters. The lowest BCUT2D eigenvalue weighted by atomic mass is 9.84. The van der Waals surface area contributed by atoms with E-state index in [2.05, 4.69) is 107 Å². The number of allylic oxidation sites excluding steroid dienone is 1. The van der Waals surface area contributed by atoms with E-state index in [1.165, 1.54) is 92.0 Å². The largest absolute Gasteiger partial charge is 0.378 e. The highest BCUT2D eigenvalue weighted by molar-refractivity contribution is 6.31. The van der Waals surface area contributed by atoms with Crippen molar-refractivity contribution >= 4 is 23.2 Å². The maximum absolute atomic E-state index is 12.8.